The van der Waals surface area contributed by atoms with Crippen LogP contribution >= 0.6 is 0 Å². The van der Waals surface area contributed by atoms with Gasteiger partial charge in [0.25, 0.3) is 0 Å². The van der Waals surface area contributed by atoms with Crippen LogP contribution in [0.1, 0.15) is 44.6 Å². The molecule has 0 bridgehead atoms. The Bertz CT molecular complexity index is 745. The fraction of sp³-hybridized carbons (Fsp3) is 0.550. The highest BCUT2D eigenvalue weighted by Crippen LogP contribution is 2.46. The van der Waals surface area contributed by atoms with Crippen LogP contribution in [0.25, 0.3) is 6.08 Å². The molecule has 1 aliphatic heterocycles. The van der Waals surface area contributed by atoms with Crippen molar-refractivity contribution in [2.75, 3.05) is 19.7 Å². The second kappa shape index (κ2) is 7.92. The van der Waals surface area contributed by atoms with Crippen molar-refractivity contribution >= 4 is 22.1 Å². The number of ether oxygens (including phenoxy) is 1. The Morgan fingerprint density at radius 1 is 1.23 bits per heavy atom. The molecule has 5 nitrogen and oxygen atoms in total. The Kier molecular flexibility index (Phi) is 5.82. The molecule has 0 radical (unpaired) electrons. The van der Waals surface area contributed by atoms with E-state index in [1.165, 1.54) is 22.6 Å². The Morgan fingerprint density at radius 2 is 1.88 bits per heavy atom. The SMILES string of the molecule is CCOC(=O)C1(CC2CC2)CCN(S(=O)(=O)C=Cc2ccccc2)CC1. The van der Waals surface area contributed by atoms with Gasteiger partial charge in [0.1, 0.15) is 0 Å². The molecule has 26 heavy (non-hydrogen) atoms. The number of carbonyl (C=O) groups excluding carboxylic acids is 1. The van der Waals surface area contributed by atoms with Gasteiger partial charge in [-0.15, -0.1) is 0 Å². The van der Waals surface area contributed by atoms with Gasteiger partial charge in [0.15, 0.2) is 0 Å². The maximum Gasteiger partial charge on any atom is 0.312 e. The molecule has 1 saturated heterocycles. The maximum absolute atomic E-state index is 12.6. The Labute approximate surface area is 156 Å². The fourth-order valence-corrected chi connectivity index (χ4v) is 4.83. The first kappa shape index (κ1) is 19.1. The smallest absolute Gasteiger partial charge is 0.312 e. The van der Waals surface area contributed by atoms with Crippen molar-refractivity contribution in [1.29, 1.82) is 0 Å². The summed E-state index contributed by atoms with van der Waals surface area (Å²) in [5.74, 6) is 0.448. The lowest BCUT2D eigenvalue weighted by Crippen LogP contribution is -2.46. The summed E-state index contributed by atoms with van der Waals surface area (Å²) >= 11 is 0. The van der Waals surface area contributed by atoms with Gasteiger partial charge in [-0.25, -0.2) is 8.42 Å². The zero-order valence-corrected chi connectivity index (χ0v) is 16.1. The predicted octanol–water partition coefficient (Wildman–Crippen LogP) is 3.43. The summed E-state index contributed by atoms with van der Waals surface area (Å²) in [6.07, 6.45) is 5.87. The van der Waals surface area contributed by atoms with Crippen LogP contribution < -0.4 is 0 Å². The van der Waals surface area contributed by atoms with E-state index in [4.69, 9.17) is 4.74 Å². The summed E-state index contributed by atoms with van der Waals surface area (Å²) in [7, 11) is -3.48. The number of hydrogen-bond acceptors (Lipinski definition) is 4. The zero-order valence-electron chi connectivity index (χ0n) is 15.3. The molecule has 0 amide bonds. The van der Waals surface area contributed by atoms with Crippen molar-refractivity contribution in [1.82, 2.24) is 4.31 Å². The highest BCUT2D eigenvalue weighted by molar-refractivity contribution is 7.92. The quantitative estimate of drug-likeness (QED) is 0.683. The summed E-state index contributed by atoms with van der Waals surface area (Å²) in [5, 5.41) is 1.26. The first-order valence-electron chi connectivity index (χ1n) is 9.36. The molecule has 0 spiro atoms. The van der Waals surface area contributed by atoms with Crippen LogP contribution in [-0.4, -0.2) is 38.4 Å². The van der Waals surface area contributed by atoms with Gasteiger partial charge in [0, 0.05) is 18.5 Å². The van der Waals surface area contributed by atoms with Crippen molar-refractivity contribution in [3.8, 4) is 0 Å². The van der Waals surface area contributed by atoms with Crippen molar-refractivity contribution in [2.24, 2.45) is 11.3 Å². The lowest BCUT2D eigenvalue weighted by Gasteiger charge is -2.39. The number of piperidine rings is 1. The summed E-state index contributed by atoms with van der Waals surface area (Å²) in [4.78, 5) is 12.5. The first-order valence-corrected chi connectivity index (χ1v) is 10.9. The van der Waals surface area contributed by atoms with Crippen LogP contribution in [0, 0.1) is 11.3 Å². The third-order valence-corrected chi connectivity index (χ3v) is 6.92. The van der Waals surface area contributed by atoms with E-state index in [0.717, 1.165) is 12.0 Å². The van der Waals surface area contributed by atoms with Crippen LogP contribution in [0.3, 0.4) is 0 Å². The van der Waals surface area contributed by atoms with E-state index in [2.05, 4.69) is 0 Å². The second-order valence-corrected chi connectivity index (χ2v) is 9.12. The molecule has 1 aromatic carbocycles. The largest absolute Gasteiger partial charge is 0.466 e. The molecule has 1 aliphatic carbocycles. The van der Waals surface area contributed by atoms with E-state index in [0.29, 0.717) is 38.5 Å². The molecule has 3 rings (SSSR count). The molecule has 1 heterocycles. The first-order chi connectivity index (χ1) is 12.5. The van der Waals surface area contributed by atoms with Crippen LogP contribution in [-0.2, 0) is 19.6 Å². The average molecular weight is 378 g/mol. The number of rotatable bonds is 7. The van der Waals surface area contributed by atoms with Gasteiger partial charge in [-0.1, -0.05) is 43.2 Å². The lowest BCUT2D eigenvalue weighted by atomic mass is 9.74. The summed E-state index contributed by atoms with van der Waals surface area (Å²) in [5.41, 5.74) is 0.342. The summed E-state index contributed by atoms with van der Waals surface area (Å²) in [6.45, 7) is 2.92. The van der Waals surface area contributed by atoms with E-state index >= 15 is 0 Å². The van der Waals surface area contributed by atoms with Crippen LogP contribution in [0.5, 0.6) is 0 Å². The zero-order chi connectivity index (χ0) is 18.6. The van der Waals surface area contributed by atoms with E-state index in [1.807, 2.05) is 37.3 Å². The minimum absolute atomic E-state index is 0.149. The third-order valence-electron chi connectivity index (χ3n) is 5.36. The molecule has 0 N–H and O–H groups in total. The lowest BCUT2D eigenvalue weighted by molar-refractivity contribution is -0.158. The van der Waals surface area contributed by atoms with E-state index in [-0.39, 0.29) is 5.97 Å². The third kappa shape index (κ3) is 4.54. The monoisotopic (exact) mass is 377 g/mol. The Balaban J connectivity index is 1.67. The molecule has 2 aliphatic rings. The fourth-order valence-electron chi connectivity index (χ4n) is 3.63. The minimum Gasteiger partial charge on any atom is -0.466 e. The second-order valence-electron chi connectivity index (χ2n) is 7.31. The van der Waals surface area contributed by atoms with Crippen molar-refractivity contribution < 1.29 is 17.9 Å². The van der Waals surface area contributed by atoms with E-state index in [9.17, 15) is 13.2 Å². The molecule has 0 atom stereocenters. The standard InChI is InChI=1S/C20H27NO4S/c1-2-25-19(22)20(16-18-8-9-18)11-13-21(14-12-20)26(23,24)15-10-17-6-4-3-5-7-17/h3-7,10,15,18H,2,8-9,11-14,16H2,1H3. The van der Waals surface area contributed by atoms with Gasteiger partial charge in [0.2, 0.25) is 10.0 Å². The molecule has 2 fully saturated rings. The van der Waals surface area contributed by atoms with Gasteiger partial charge in [-0.2, -0.15) is 4.31 Å². The molecule has 1 aromatic rings. The summed E-state index contributed by atoms with van der Waals surface area (Å²) in [6, 6.07) is 9.37. The number of carbonyl (C=O) groups is 1. The van der Waals surface area contributed by atoms with Crippen LogP contribution in [0.15, 0.2) is 35.7 Å². The Hall–Kier alpha value is -1.66. The molecule has 1 saturated carbocycles. The number of benzene rings is 1. The van der Waals surface area contributed by atoms with Crippen molar-refractivity contribution in [3.63, 3.8) is 0 Å². The number of esters is 1. The van der Waals surface area contributed by atoms with Gasteiger partial charge in [0.05, 0.1) is 12.0 Å². The minimum atomic E-state index is -3.48. The number of hydrogen-bond donors (Lipinski definition) is 0. The Morgan fingerprint density at radius 3 is 2.46 bits per heavy atom. The molecule has 142 valence electrons. The highest BCUT2D eigenvalue weighted by atomic mass is 32.2. The van der Waals surface area contributed by atoms with Gasteiger partial charge >= 0.3 is 5.97 Å². The molecule has 0 aromatic heterocycles. The number of nitrogens with zero attached hydrogens (tertiary/aromatic N) is 1. The van der Waals surface area contributed by atoms with Gasteiger partial charge < -0.3 is 4.74 Å². The van der Waals surface area contributed by atoms with E-state index < -0.39 is 15.4 Å². The maximum atomic E-state index is 12.6. The number of sulfonamides is 1. The van der Waals surface area contributed by atoms with Gasteiger partial charge in [-0.3, -0.25) is 4.79 Å². The predicted molar refractivity (Wildman–Crippen MR) is 102 cm³/mol. The van der Waals surface area contributed by atoms with Crippen LogP contribution in [0.2, 0.25) is 0 Å². The molecular formula is C20H27NO4S. The average Bonchev–Trinajstić information content (AvgIpc) is 3.45. The molecular weight excluding hydrogens is 350 g/mol. The molecule has 6 heteroatoms. The van der Waals surface area contributed by atoms with Gasteiger partial charge in [-0.05, 0) is 43.7 Å². The normalized spacial score (nSPS) is 21.0. The summed E-state index contributed by atoms with van der Waals surface area (Å²) < 4.78 is 32.0. The van der Waals surface area contributed by atoms with Crippen LogP contribution in [0.4, 0.5) is 0 Å². The highest BCUT2D eigenvalue weighted by Gasteiger charge is 2.47. The molecule has 0 unspecified atom stereocenters. The topological polar surface area (TPSA) is 63.7 Å². The van der Waals surface area contributed by atoms with Crippen molar-refractivity contribution in [3.05, 3.63) is 41.3 Å². The van der Waals surface area contributed by atoms with E-state index in [1.54, 1.807) is 6.08 Å². The van der Waals surface area contributed by atoms with Crippen molar-refractivity contribution in [2.45, 2.75) is 39.0 Å².